The van der Waals surface area contributed by atoms with Crippen molar-refractivity contribution < 1.29 is 23.1 Å². The Morgan fingerprint density at radius 3 is 2.81 bits per heavy atom. The van der Waals surface area contributed by atoms with Crippen molar-refractivity contribution in [3.63, 3.8) is 0 Å². The van der Waals surface area contributed by atoms with Crippen LogP contribution in [0.4, 0.5) is 4.39 Å². The zero-order valence-electron chi connectivity index (χ0n) is 18.0. The molecular weight excluding hydrogens is 435 g/mol. The summed E-state index contributed by atoms with van der Waals surface area (Å²) in [6.45, 7) is 3.82. The van der Waals surface area contributed by atoms with Crippen molar-refractivity contribution >= 4 is 35.4 Å². The second-order valence-electron chi connectivity index (χ2n) is 7.41. The number of hydrogen-bond donors (Lipinski definition) is 1. The first kappa shape index (κ1) is 23.5. The van der Waals surface area contributed by atoms with Crippen LogP contribution < -0.4 is 15.2 Å². The molecule has 1 amide bonds. The maximum absolute atomic E-state index is 14.1. The molecular formula is C24H26ClFN2O4. The van der Waals surface area contributed by atoms with E-state index in [1.807, 2.05) is 24.3 Å². The summed E-state index contributed by atoms with van der Waals surface area (Å²) in [5.74, 6) is -0.308. The summed E-state index contributed by atoms with van der Waals surface area (Å²) in [6.07, 6.45) is 5.31. The molecule has 3 aromatic rings. The van der Waals surface area contributed by atoms with Crippen LogP contribution >= 0.6 is 12.4 Å². The number of nitrogens with zero attached hydrogens (tertiary/aromatic N) is 1. The lowest BCUT2D eigenvalue weighted by Crippen LogP contribution is -2.29. The number of amides is 1. The van der Waals surface area contributed by atoms with Crippen LogP contribution in [0.15, 0.2) is 46.7 Å². The van der Waals surface area contributed by atoms with Gasteiger partial charge in [-0.3, -0.25) is 4.79 Å². The molecule has 0 fully saturated rings. The summed E-state index contributed by atoms with van der Waals surface area (Å²) in [5, 5.41) is 1.05. The number of para-hydroxylation sites is 1. The van der Waals surface area contributed by atoms with E-state index in [0.717, 1.165) is 53.9 Å². The Morgan fingerprint density at radius 2 is 2.09 bits per heavy atom. The number of aryl methyl sites for hydroxylation is 1. The summed E-state index contributed by atoms with van der Waals surface area (Å²) in [4.78, 5) is 13.9. The molecule has 4 rings (SSSR count). The van der Waals surface area contributed by atoms with Gasteiger partial charge in [0.25, 0.3) is 0 Å². The average molecular weight is 461 g/mol. The Labute approximate surface area is 192 Å². The van der Waals surface area contributed by atoms with Crippen molar-refractivity contribution in [2.24, 2.45) is 5.73 Å². The molecule has 170 valence electrons. The molecule has 8 heteroatoms. The lowest BCUT2D eigenvalue weighted by Gasteiger charge is -2.29. The monoisotopic (exact) mass is 460 g/mol. The molecule has 0 unspecified atom stereocenters. The van der Waals surface area contributed by atoms with Crippen molar-refractivity contribution in [3.8, 4) is 11.5 Å². The van der Waals surface area contributed by atoms with Crippen molar-refractivity contribution in [3.05, 3.63) is 64.8 Å². The topological polar surface area (TPSA) is 77.9 Å². The molecule has 1 aliphatic heterocycles. The Kier molecular flexibility index (Phi) is 7.30. The molecule has 6 nitrogen and oxygen atoms in total. The molecule has 1 aromatic heterocycles. The number of halogens is 2. The number of fused-ring (bicyclic) bond motifs is 2. The highest BCUT2D eigenvalue weighted by Crippen LogP contribution is 2.33. The van der Waals surface area contributed by atoms with E-state index >= 15 is 0 Å². The third-order valence-electron chi connectivity index (χ3n) is 5.61. The zero-order valence-corrected chi connectivity index (χ0v) is 18.8. The normalized spacial score (nSPS) is 12.4. The predicted molar refractivity (Wildman–Crippen MR) is 124 cm³/mol. The van der Waals surface area contributed by atoms with E-state index in [4.69, 9.17) is 19.6 Å². The first-order chi connectivity index (χ1) is 15.0. The lowest BCUT2D eigenvalue weighted by molar-refractivity contribution is 0.0999. The number of nitrogens with two attached hydrogens (primary N) is 1. The van der Waals surface area contributed by atoms with Crippen LogP contribution in [-0.4, -0.2) is 37.6 Å². The van der Waals surface area contributed by atoms with Gasteiger partial charge >= 0.3 is 0 Å². The van der Waals surface area contributed by atoms with Gasteiger partial charge in [-0.15, -0.1) is 12.4 Å². The Morgan fingerprint density at radius 1 is 1.28 bits per heavy atom. The van der Waals surface area contributed by atoms with Gasteiger partial charge in [0.05, 0.1) is 24.6 Å². The van der Waals surface area contributed by atoms with Crippen molar-refractivity contribution in [1.29, 1.82) is 0 Å². The smallest absolute Gasteiger partial charge is 0.249 e. The van der Waals surface area contributed by atoms with Gasteiger partial charge in [-0.2, -0.15) is 0 Å². The van der Waals surface area contributed by atoms with Gasteiger partial charge < -0.3 is 24.5 Å². The zero-order chi connectivity index (χ0) is 22.0. The third kappa shape index (κ3) is 4.39. The lowest BCUT2D eigenvalue weighted by atomic mass is 10.0. The number of primary amides is 1. The minimum atomic E-state index is -0.609. The van der Waals surface area contributed by atoms with E-state index < -0.39 is 11.7 Å². The van der Waals surface area contributed by atoms with Crippen LogP contribution in [0.5, 0.6) is 11.5 Å². The molecule has 0 saturated heterocycles. The molecule has 2 aromatic carbocycles. The summed E-state index contributed by atoms with van der Waals surface area (Å²) in [6, 6.07) is 8.47. The molecule has 32 heavy (non-hydrogen) atoms. The van der Waals surface area contributed by atoms with E-state index in [9.17, 15) is 9.18 Å². The first-order valence-electron chi connectivity index (χ1n) is 10.3. The van der Waals surface area contributed by atoms with Gasteiger partial charge in [-0.1, -0.05) is 12.1 Å². The Balaban J connectivity index is 0.00000289. The largest absolute Gasteiger partial charge is 0.493 e. The number of furan rings is 1. The van der Waals surface area contributed by atoms with E-state index in [-0.39, 0.29) is 30.3 Å². The molecule has 2 N–H and O–H groups in total. The summed E-state index contributed by atoms with van der Waals surface area (Å²) >= 11 is 0. The standard InChI is InChI=1S/C24H25FN2O4.ClH/c1-3-27(11-5-6-15-13-30-23-17(15)7-4-8-21(23)29-2)16-12-19-18(24(26)28)9-10-20(25)22(19)31-14-16;/h4,7-10,12-13H,3,5-6,11,14H2,1-2H3,(H2,26,28);1H. The number of ether oxygens (including phenoxy) is 2. The van der Waals surface area contributed by atoms with Crippen LogP contribution in [0.2, 0.25) is 0 Å². The molecule has 1 aliphatic rings. The van der Waals surface area contributed by atoms with Crippen LogP contribution in [0.25, 0.3) is 17.0 Å². The maximum atomic E-state index is 14.1. The van der Waals surface area contributed by atoms with Gasteiger partial charge in [0.2, 0.25) is 5.91 Å². The van der Waals surface area contributed by atoms with E-state index in [1.54, 1.807) is 13.4 Å². The fourth-order valence-electron chi connectivity index (χ4n) is 4.02. The first-order valence-corrected chi connectivity index (χ1v) is 10.3. The molecule has 0 spiro atoms. The van der Waals surface area contributed by atoms with E-state index in [1.165, 1.54) is 12.1 Å². The Bertz CT molecular complexity index is 1160. The van der Waals surface area contributed by atoms with Crippen LogP contribution in [-0.2, 0) is 6.42 Å². The molecule has 0 aliphatic carbocycles. The third-order valence-corrected chi connectivity index (χ3v) is 5.61. The molecule has 0 bridgehead atoms. The number of hydrogen-bond acceptors (Lipinski definition) is 5. The minimum absolute atomic E-state index is 0. The maximum Gasteiger partial charge on any atom is 0.249 e. The van der Waals surface area contributed by atoms with Gasteiger partial charge in [0.15, 0.2) is 22.9 Å². The number of carbonyl (C=O) groups is 1. The molecule has 0 atom stereocenters. The molecule has 0 saturated carbocycles. The van der Waals surface area contributed by atoms with Crippen molar-refractivity contribution in [1.82, 2.24) is 4.90 Å². The van der Waals surface area contributed by atoms with Crippen LogP contribution in [0.1, 0.15) is 34.8 Å². The number of rotatable bonds is 8. The number of carbonyl (C=O) groups excluding carboxylic acids is 1. The van der Waals surface area contributed by atoms with Crippen LogP contribution in [0, 0.1) is 5.82 Å². The van der Waals surface area contributed by atoms with Crippen LogP contribution in [0.3, 0.4) is 0 Å². The number of methoxy groups -OCH3 is 1. The number of benzene rings is 2. The highest BCUT2D eigenvalue weighted by molar-refractivity contribution is 5.98. The highest BCUT2D eigenvalue weighted by Gasteiger charge is 2.23. The second-order valence-corrected chi connectivity index (χ2v) is 7.41. The van der Waals surface area contributed by atoms with Crippen molar-refractivity contribution in [2.45, 2.75) is 19.8 Å². The fraction of sp³-hybridized carbons (Fsp3) is 0.292. The second kappa shape index (κ2) is 9.96. The minimum Gasteiger partial charge on any atom is -0.493 e. The van der Waals surface area contributed by atoms with Gasteiger partial charge in [-0.05, 0) is 49.6 Å². The number of likely N-dealkylation sites (N-methyl/N-ethyl adjacent to an activating group) is 1. The van der Waals surface area contributed by atoms with Crippen molar-refractivity contribution in [2.75, 3.05) is 26.8 Å². The summed E-state index contributed by atoms with van der Waals surface area (Å²) < 4.78 is 30.9. The quantitative estimate of drug-likeness (QED) is 0.523. The Hall–Kier alpha value is -3.19. The summed E-state index contributed by atoms with van der Waals surface area (Å²) in [5.41, 5.74) is 8.90. The molecule has 0 radical (unpaired) electrons. The van der Waals surface area contributed by atoms with E-state index in [2.05, 4.69) is 11.8 Å². The highest BCUT2D eigenvalue weighted by atomic mass is 35.5. The van der Waals surface area contributed by atoms with E-state index in [0.29, 0.717) is 5.56 Å². The predicted octanol–water partition coefficient (Wildman–Crippen LogP) is 4.79. The summed E-state index contributed by atoms with van der Waals surface area (Å²) in [7, 11) is 1.63. The van der Waals surface area contributed by atoms with Gasteiger partial charge in [-0.25, -0.2) is 4.39 Å². The fourth-order valence-corrected chi connectivity index (χ4v) is 4.02. The SMILES string of the molecule is CCN(CCCc1coc2c(OC)cccc12)C1=Cc2c(C(N)=O)ccc(F)c2OC1.Cl. The van der Waals surface area contributed by atoms with Gasteiger partial charge in [0.1, 0.15) is 6.61 Å². The molecule has 2 heterocycles. The average Bonchev–Trinajstić information content (AvgIpc) is 3.19. The van der Waals surface area contributed by atoms with Gasteiger partial charge in [0, 0.05) is 24.0 Å².